The quantitative estimate of drug-likeness (QED) is 0.553. The molecule has 0 fully saturated rings. The molecule has 0 saturated heterocycles. The van der Waals surface area contributed by atoms with Gasteiger partial charge in [0.1, 0.15) is 5.76 Å². The zero-order chi connectivity index (χ0) is 15.2. The second-order valence-corrected chi connectivity index (χ2v) is 4.67. The summed E-state index contributed by atoms with van der Waals surface area (Å²) >= 11 is 0. The van der Waals surface area contributed by atoms with Gasteiger partial charge in [-0.1, -0.05) is 37.6 Å². The van der Waals surface area contributed by atoms with Crippen LogP contribution in [0.5, 0.6) is 0 Å². The van der Waals surface area contributed by atoms with Gasteiger partial charge in [0.2, 0.25) is 0 Å². The van der Waals surface area contributed by atoms with Gasteiger partial charge in [-0.2, -0.15) is 0 Å². The lowest BCUT2D eigenvalue weighted by molar-refractivity contribution is 0.143. The highest BCUT2D eigenvalue weighted by atomic mass is 16.5. The van der Waals surface area contributed by atoms with E-state index < -0.39 is 0 Å². The number of allylic oxidation sites excluding steroid dienone is 6. The van der Waals surface area contributed by atoms with Gasteiger partial charge in [0.05, 0.1) is 7.11 Å². The Balaban J connectivity index is 0.00000172. The molecular formula is C18H32O2. The van der Waals surface area contributed by atoms with Crippen molar-refractivity contribution in [2.24, 2.45) is 0 Å². The smallest absolute Gasteiger partial charge is 0.103 e. The maximum Gasteiger partial charge on any atom is 0.103 e. The van der Waals surface area contributed by atoms with Crippen LogP contribution >= 0.6 is 0 Å². The highest BCUT2D eigenvalue weighted by molar-refractivity contribution is 5.38. The number of methoxy groups -OCH3 is 1. The summed E-state index contributed by atoms with van der Waals surface area (Å²) in [5, 5.41) is 0. The van der Waals surface area contributed by atoms with Gasteiger partial charge >= 0.3 is 0 Å². The summed E-state index contributed by atoms with van der Waals surface area (Å²) in [6, 6.07) is 0. The van der Waals surface area contributed by atoms with Crippen LogP contribution in [0.3, 0.4) is 0 Å². The first-order chi connectivity index (χ1) is 9.77. The Bertz CT molecular complexity index is 324. The lowest BCUT2D eigenvalue weighted by Gasteiger charge is -2.15. The minimum Gasteiger partial charge on any atom is -0.500 e. The molecule has 0 aromatic heterocycles. The maximum atomic E-state index is 5.43. The molecule has 0 N–H and O–H groups in total. The van der Waals surface area contributed by atoms with Crippen LogP contribution in [0, 0.1) is 0 Å². The second kappa shape index (κ2) is 13.0. The lowest BCUT2D eigenvalue weighted by Crippen LogP contribution is -1.98. The highest BCUT2D eigenvalue weighted by Crippen LogP contribution is 2.25. The number of hydrogen-bond donors (Lipinski definition) is 0. The molecule has 116 valence electrons. The van der Waals surface area contributed by atoms with E-state index in [-0.39, 0.29) is 0 Å². The van der Waals surface area contributed by atoms with Crippen LogP contribution in [0.2, 0.25) is 0 Å². The fourth-order valence-corrected chi connectivity index (χ4v) is 2.06. The standard InChI is InChI=1S/C16H26O2.C2H6/c1-4-18-12-8-6-5-7-9-15-13-14(2)10-11-16(15)17-3;1-2/h7,9,13H,4-6,8,10-12H2,1-3H3;1-2H3/b9-7+;. The van der Waals surface area contributed by atoms with Gasteiger partial charge in [-0.15, -0.1) is 0 Å². The van der Waals surface area contributed by atoms with E-state index in [4.69, 9.17) is 9.47 Å². The Labute approximate surface area is 125 Å². The van der Waals surface area contributed by atoms with Gasteiger partial charge in [-0.05, 0) is 39.5 Å². The van der Waals surface area contributed by atoms with Crippen molar-refractivity contribution in [3.8, 4) is 0 Å². The summed E-state index contributed by atoms with van der Waals surface area (Å²) in [6.07, 6.45) is 12.3. The molecule has 2 nitrogen and oxygen atoms in total. The molecule has 2 heteroatoms. The Morgan fingerprint density at radius 2 is 1.95 bits per heavy atom. The fraction of sp³-hybridized carbons (Fsp3) is 0.667. The molecule has 0 aromatic rings. The summed E-state index contributed by atoms with van der Waals surface area (Å²) < 4.78 is 10.7. The monoisotopic (exact) mass is 280 g/mol. The van der Waals surface area contributed by atoms with Crippen molar-refractivity contribution in [3.63, 3.8) is 0 Å². The summed E-state index contributed by atoms with van der Waals surface area (Å²) in [7, 11) is 1.76. The number of hydrogen-bond acceptors (Lipinski definition) is 2. The maximum absolute atomic E-state index is 5.43. The molecule has 0 heterocycles. The van der Waals surface area contributed by atoms with Crippen LogP contribution < -0.4 is 0 Å². The molecule has 0 atom stereocenters. The Morgan fingerprint density at radius 3 is 2.60 bits per heavy atom. The van der Waals surface area contributed by atoms with E-state index in [0.29, 0.717) is 0 Å². The summed E-state index contributed by atoms with van der Waals surface area (Å²) in [5.41, 5.74) is 2.68. The van der Waals surface area contributed by atoms with Gasteiger partial charge < -0.3 is 9.47 Å². The van der Waals surface area contributed by atoms with Gasteiger partial charge in [0, 0.05) is 25.2 Å². The van der Waals surface area contributed by atoms with E-state index >= 15 is 0 Å². The number of unbranched alkanes of at least 4 members (excludes halogenated alkanes) is 2. The van der Waals surface area contributed by atoms with Crippen molar-refractivity contribution in [3.05, 3.63) is 35.1 Å². The summed E-state index contributed by atoms with van der Waals surface area (Å²) in [6.45, 7) is 9.93. The van der Waals surface area contributed by atoms with E-state index in [1.807, 2.05) is 20.8 Å². The molecule has 0 bridgehead atoms. The molecule has 0 aromatic carbocycles. The molecule has 1 aliphatic carbocycles. The van der Waals surface area contributed by atoms with E-state index in [1.165, 1.54) is 17.6 Å². The molecule has 0 radical (unpaired) electrons. The Kier molecular flexibility index (Phi) is 12.3. The lowest BCUT2D eigenvalue weighted by atomic mass is 9.98. The molecule has 0 amide bonds. The predicted octanol–water partition coefficient (Wildman–Crippen LogP) is 5.42. The third-order valence-corrected chi connectivity index (χ3v) is 3.13. The molecule has 1 rings (SSSR count). The van der Waals surface area contributed by atoms with Crippen LogP contribution in [0.4, 0.5) is 0 Å². The van der Waals surface area contributed by atoms with E-state index in [1.54, 1.807) is 7.11 Å². The molecule has 20 heavy (non-hydrogen) atoms. The fourth-order valence-electron chi connectivity index (χ4n) is 2.06. The van der Waals surface area contributed by atoms with Crippen molar-refractivity contribution in [1.29, 1.82) is 0 Å². The molecule has 1 aliphatic rings. The second-order valence-electron chi connectivity index (χ2n) is 4.67. The molecule has 0 spiro atoms. The zero-order valence-corrected chi connectivity index (χ0v) is 14.0. The number of ether oxygens (including phenoxy) is 2. The topological polar surface area (TPSA) is 18.5 Å². The average Bonchev–Trinajstić information content (AvgIpc) is 2.48. The molecular weight excluding hydrogens is 248 g/mol. The molecule has 0 saturated carbocycles. The normalized spacial score (nSPS) is 14.9. The van der Waals surface area contributed by atoms with Gasteiger partial charge in [0.25, 0.3) is 0 Å². The SMILES string of the molecule is CC.CCOCCCC/C=C/C1=C(OC)CCC(C)=C1. The van der Waals surface area contributed by atoms with Crippen LogP contribution in [-0.2, 0) is 9.47 Å². The first-order valence-electron chi connectivity index (χ1n) is 7.96. The minimum atomic E-state index is 0.823. The third-order valence-electron chi connectivity index (χ3n) is 3.13. The molecule has 0 aliphatic heterocycles. The van der Waals surface area contributed by atoms with Crippen molar-refractivity contribution >= 4 is 0 Å². The first kappa shape index (κ1) is 19.0. The van der Waals surface area contributed by atoms with Gasteiger partial charge in [-0.3, -0.25) is 0 Å². The average molecular weight is 280 g/mol. The van der Waals surface area contributed by atoms with E-state index in [9.17, 15) is 0 Å². The van der Waals surface area contributed by atoms with Crippen LogP contribution in [0.25, 0.3) is 0 Å². The Morgan fingerprint density at radius 1 is 1.20 bits per heavy atom. The largest absolute Gasteiger partial charge is 0.500 e. The molecule has 0 unspecified atom stereocenters. The first-order valence-corrected chi connectivity index (χ1v) is 7.96. The van der Waals surface area contributed by atoms with E-state index in [2.05, 4.69) is 25.2 Å². The van der Waals surface area contributed by atoms with Crippen LogP contribution in [0.1, 0.15) is 59.8 Å². The van der Waals surface area contributed by atoms with Gasteiger partial charge in [0.15, 0.2) is 0 Å². The highest BCUT2D eigenvalue weighted by Gasteiger charge is 2.09. The van der Waals surface area contributed by atoms with E-state index in [0.717, 1.165) is 44.7 Å². The minimum absolute atomic E-state index is 0.823. The van der Waals surface area contributed by atoms with Crippen LogP contribution in [0.15, 0.2) is 35.1 Å². The van der Waals surface area contributed by atoms with Crippen molar-refractivity contribution in [2.45, 2.75) is 59.8 Å². The zero-order valence-electron chi connectivity index (χ0n) is 14.0. The third kappa shape index (κ3) is 8.21. The van der Waals surface area contributed by atoms with Gasteiger partial charge in [-0.25, -0.2) is 0 Å². The van der Waals surface area contributed by atoms with Crippen LogP contribution in [-0.4, -0.2) is 20.3 Å². The van der Waals surface area contributed by atoms with Crippen molar-refractivity contribution < 1.29 is 9.47 Å². The van der Waals surface area contributed by atoms with Crippen molar-refractivity contribution in [1.82, 2.24) is 0 Å². The summed E-state index contributed by atoms with van der Waals surface area (Å²) in [5.74, 6) is 1.12. The summed E-state index contributed by atoms with van der Waals surface area (Å²) in [4.78, 5) is 0. The Hall–Kier alpha value is -1.02. The number of rotatable bonds is 8. The predicted molar refractivity (Wildman–Crippen MR) is 87.9 cm³/mol. The van der Waals surface area contributed by atoms with Crippen molar-refractivity contribution in [2.75, 3.05) is 20.3 Å².